The zero-order valence-electron chi connectivity index (χ0n) is 14.6. The van der Waals surface area contributed by atoms with Crippen LogP contribution in [0.2, 0.25) is 0 Å². The van der Waals surface area contributed by atoms with Crippen LogP contribution in [0.3, 0.4) is 0 Å². The van der Waals surface area contributed by atoms with Gasteiger partial charge in [0.05, 0.1) is 12.6 Å². The van der Waals surface area contributed by atoms with Crippen molar-refractivity contribution >= 4 is 11.9 Å². The number of benzene rings is 1. The third-order valence-electron chi connectivity index (χ3n) is 4.44. The molecule has 7 heteroatoms. The van der Waals surface area contributed by atoms with Crippen molar-refractivity contribution in [1.29, 1.82) is 0 Å². The van der Waals surface area contributed by atoms with Crippen molar-refractivity contribution in [3.05, 3.63) is 35.9 Å². The number of rotatable bonds is 4. The first-order valence-corrected chi connectivity index (χ1v) is 8.61. The highest BCUT2D eigenvalue weighted by Gasteiger charge is 2.38. The van der Waals surface area contributed by atoms with Crippen LogP contribution >= 0.6 is 0 Å². The summed E-state index contributed by atoms with van der Waals surface area (Å²) in [4.78, 5) is 23.5. The molecule has 3 atom stereocenters. The normalized spacial score (nSPS) is 28.2. The van der Waals surface area contributed by atoms with Crippen molar-refractivity contribution in [3.63, 3.8) is 0 Å². The SMILES string of the molecule is CC1(C)OC[C@@H](NC(=O)NCC2CNC(=O)C2)[C@@H](c2ccccc2)O1. The molecule has 2 aliphatic heterocycles. The maximum absolute atomic E-state index is 12.2. The van der Waals surface area contributed by atoms with Gasteiger partial charge in [-0.05, 0) is 19.4 Å². The highest BCUT2D eigenvalue weighted by Crippen LogP contribution is 2.32. The average molecular weight is 347 g/mol. The molecule has 0 bridgehead atoms. The Hall–Kier alpha value is -2.12. The summed E-state index contributed by atoms with van der Waals surface area (Å²) in [5, 5.41) is 8.53. The molecule has 1 aromatic carbocycles. The lowest BCUT2D eigenvalue weighted by Crippen LogP contribution is -2.54. The lowest BCUT2D eigenvalue weighted by atomic mass is 10.0. The number of nitrogens with one attached hydrogen (secondary N) is 3. The van der Waals surface area contributed by atoms with Gasteiger partial charge in [0.1, 0.15) is 6.10 Å². The van der Waals surface area contributed by atoms with Gasteiger partial charge in [0.25, 0.3) is 0 Å². The van der Waals surface area contributed by atoms with Gasteiger partial charge < -0.3 is 25.4 Å². The van der Waals surface area contributed by atoms with Crippen molar-refractivity contribution in [1.82, 2.24) is 16.0 Å². The molecule has 3 N–H and O–H groups in total. The van der Waals surface area contributed by atoms with Crippen LogP contribution in [0, 0.1) is 5.92 Å². The van der Waals surface area contributed by atoms with Gasteiger partial charge in [-0.1, -0.05) is 30.3 Å². The van der Waals surface area contributed by atoms with Crippen LogP contribution in [-0.2, 0) is 14.3 Å². The van der Waals surface area contributed by atoms with Gasteiger partial charge in [-0.25, -0.2) is 4.79 Å². The van der Waals surface area contributed by atoms with Gasteiger partial charge in [0, 0.05) is 25.4 Å². The van der Waals surface area contributed by atoms with Crippen LogP contribution in [0.25, 0.3) is 0 Å². The van der Waals surface area contributed by atoms with Crippen LogP contribution in [0.5, 0.6) is 0 Å². The zero-order valence-corrected chi connectivity index (χ0v) is 14.6. The zero-order chi connectivity index (χ0) is 17.9. The number of amides is 3. The Morgan fingerprint density at radius 1 is 1.32 bits per heavy atom. The van der Waals surface area contributed by atoms with Crippen LogP contribution in [0.4, 0.5) is 4.79 Å². The molecule has 1 aromatic rings. The quantitative estimate of drug-likeness (QED) is 0.766. The largest absolute Gasteiger partial charge is 0.356 e. The van der Waals surface area contributed by atoms with Crippen molar-refractivity contribution in [2.24, 2.45) is 5.92 Å². The first kappa shape index (κ1) is 17.7. The number of ether oxygens (including phenoxy) is 2. The van der Waals surface area contributed by atoms with E-state index in [1.165, 1.54) is 0 Å². The molecule has 0 saturated carbocycles. The van der Waals surface area contributed by atoms with Gasteiger partial charge in [-0.3, -0.25) is 4.79 Å². The predicted molar refractivity (Wildman–Crippen MR) is 91.7 cm³/mol. The molecule has 3 rings (SSSR count). The highest BCUT2D eigenvalue weighted by molar-refractivity contribution is 5.78. The third-order valence-corrected chi connectivity index (χ3v) is 4.44. The molecular weight excluding hydrogens is 322 g/mol. The van der Waals surface area contributed by atoms with E-state index in [9.17, 15) is 9.59 Å². The van der Waals surface area contributed by atoms with Gasteiger partial charge in [-0.2, -0.15) is 0 Å². The Morgan fingerprint density at radius 2 is 2.08 bits per heavy atom. The Labute approximate surface area is 147 Å². The standard InChI is InChI=1S/C18H25N3O4/c1-18(2)24-11-14(16(25-18)13-6-4-3-5-7-13)21-17(23)20-10-12-8-15(22)19-9-12/h3-7,12,14,16H,8-11H2,1-2H3,(H,19,22)(H2,20,21,23)/t12?,14-,16-/m1/s1. The molecule has 0 radical (unpaired) electrons. The summed E-state index contributed by atoms with van der Waals surface area (Å²) in [6.45, 7) is 5.16. The molecule has 0 spiro atoms. The number of carbonyl (C=O) groups excluding carboxylic acids is 2. The van der Waals surface area contributed by atoms with Gasteiger partial charge in [0.15, 0.2) is 5.79 Å². The first-order valence-electron chi connectivity index (χ1n) is 8.61. The summed E-state index contributed by atoms with van der Waals surface area (Å²) in [6.07, 6.45) is 0.168. The summed E-state index contributed by atoms with van der Waals surface area (Å²) < 4.78 is 11.7. The van der Waals surface area contributed by atoms with Crippen molar-refractivity contribution in [2.45, 2.75) is 38.2 Å². The van der Waals surface area contributed by atoms with Gasteiger partial charge in [0.2, 0.25) is 5.91 Å². The number of urea groups is 1. The molecule has 2 saturated heterocycles. The number of hydrogen-bond acceptors (Lipinski definition) is 4. The van der Waals surface area contributed by atoms with E-state index in [1.54, 1.807) is 0 Å². The fourth-order valence-corrected chi connectivity index (χ4v) is 3.13. The van der Waals surface area contributed by atoms with Crippen LogP contribution in [0.1, 0.15) is 31.9 Å². The van der Waals surface area contributed by atoms with E-state index in [0.29, 0.717) is 26.1 Å². The lowest BCUT2D eigenvalue weighted by Gasteiger charge is -2.41. The molecular formula is C18H25N3O4. The van der Waals surface area contributed by atoms with Gasteiger partial charge >= 0.3 is 6.03 Å². The topological polar surface area (TPSA) is 88.7 Å². The molecule has 2 aliphatic rings. The lowest BCUT2D eigenvalue weighted by molar-refractivity contribution is -0.284. The highest BCUT2D eigenvalue weighted by atomic mass is 16.7. The third kappa shape index (κ3) is 4.70. The van der Waals surface area contributed by atoms with E-state index >= 15 is 0 Å². The molecule has 136 valence electrons. The molecule has 25 heavy (non-hydrogen) atoms. The Kier molecular flexibility index (Phi) is 5.24. The smallest absolute Gasteiger partial charge is 0.315 e. The fourth-order valence-electron chi connectivity index (χ4n) is 3.13. The minimum atomic E-state index is -0.703. The molecule has 3 amide bonds. The fraction of sp³-hybridized carbons (Fsp3) is 0.556. The van der Waals surface area contributed by atoms with Crippen LogP contribution in [0.15, 0.2) is 30.3 Å². The van der Waals surface area contributed by atoms with Crippen molar-refractivity contribution < 1.29 is 19.1 Å². The Morgan fingerprint density at radius 3 is 2.76 bits per heavy atom. The Bertz CT molecular complexity index is 620. The summed E-state index contributed by atoms with van der Waals surface area (Å²) in [5.74, 6) is -0.529. The monoisotopic (exact) mass is 347 g/mol. The van der Waals surface area contributed by atoms with Crippen LogP contribution in [-0.4, -0.2) is 43.5 Å². The first-order chi connectivity index (χ1) is 11.9. The molecule has 0 aliphatic carbocycles. The maximum Gasteiger partial charge on any atom is 0.315 e. The average Bonchev–Trinajstić information content (AvgIpc) is 3.01. The van der Waals surface area contributed by atoms with E-state index in [0.717, 1.165) is 5.56 Å². The van der Waals surface area contributed by atoms with Gasteiger partial charge in [-0.15, -0.1) is 0 Å². The summed E-state index contributed by atoms with van der Waals surface area (Å²) in [6, 6.07) is 9.23. The number of hydrogen-bond donors (Lipinski definition) is 3. The molecule has 2 heterocycles. The van der Waals surface area contributed by atoms with E-state index in [2.05, 4.69) is 16.0 Å². The molecule has 0 aromatic heterocycles. The second-order valence-electron chi connectivity index (χ2n) is 7.00. The molecule has 1 unspecified atom stereocenters. The van der Waals surface area contributed by atoms with E-state index in [4.69, 9.17) is 9.47 Å². The minimum Gasteiger partial charge on any atom is -0.356 e. The van der Waals surface area contributed by atoms with E-state index in [1.807, 2.05) is 44.2 Å². The van der Waals surface area contributed by atoms with Crippen molar-refractivity contribution in [2.75, 3.05) is 19.7 Å². The second kappa shape index (κ2) is 7.41. The second-order valence-corrected chi connectivity index (χ2v) is 7.00. The minimum absolute atomic E-state index is 0.0349. The maximum atomic E-state index is 12.2. The Balaban J connectivity index is 1.59. The number of carbonyl (C=O) groups is 2. The summed E-state index contributed by atoms with van der Waals surface area (Å²) >= 11 is 0. The molecule has 7 nitrogen and oxygen atoms in total. The van der Waals surface area contributed by atoms with E-state index < -0.39 is 5.79 Å². The van der Waals surface area contributed by atoms with Crippen molar-refractivity contribution in [3.8, 4) is 0 Å². The summed E-state index contributed by atoms with van der Waals surface area (Å²) in [7, 11) is 0. The predicted octanol–water partition coefficient (Wildman–Crippen LogP) is 1.31. The van der Waals surface area contributed by atoms with E-state index in [-0.39, 0.29) is 30.0 Å². The van der Waals surface area contributed by atoms with Crippen LogP contribution < -0.4 is 16.0 Å². The molecule has 2 fully saturated rings. The summed E-state index contributed by atoms with van der Waals surface area (Å²) in [5.41, 5.74) is 0.995.